The first-order chi connectivity index (χ1) is 14.1. The highest BCUT2D eigenvalue weighted by Gasteiger charge is 2.37. The highest BCUT2D eigenvalue weighted by molar-refractivity contribution is 6.19. The van der Waals surface area contributed by atoms with Gasteiger partial charge in [0.15, 0.2) is 28.8 Å². The van der Waals surface area contributed by atoms with Crippen LogP contribution < -0.4 is 23.7 Å². The van der Waals surface area contributed by atoms with Crippen LogP contribution in [-0.2, 0) is 4.84 Å². The number of fused-ring (bicyclic) bond motifs is 2. The van der Waals surface area contributed by atoms with Gasteiger partial charge in [-0.3, -0.25) is 4.79 Å². The molecule has 152 valence electrons. The number of carbonyl (C=O) groups excluding carboxylic acids is 1. The van der Waals surface area contributed by atoms with Crippen LogP contribution in [0.3, 0.4) is 0 Å². The summed E-state index contributed by atoms with van der Waals surface area (Å²) in [6.45, 7) is 0.121. The number of Topliss-reactive ketones (excluding diaryl/α,β-unsaturated/α-hetero) is 1. The monoisotopic (exact) mass is 399 g/mol. The molecule has 0 spiro atoms. The molecule has 0 saturated heterocycles. The average Bonchev–Trinajstić information content (AvgIpc) is 3.21. The molecule has 0 amide bonds. The summed E-state index contributed by atoms with van der Waals surface area (Å²) in [5, 5.41) is 4.26. The van der Waals surface area contributed by atoms with Gasteiger partial charge in [-0.2, -0.15) is 0 Å². The molecule has 0 radical (unpaired) electrons. The van der Waals surface area contributed by atoms with Gasteiger partial charge >= 0.3 is 0 Å². The van der Waals surface area contributed by atoms with Crippen LogP contribution in [0.15, 0.2) is 29.4 Å². The normalized spacial score (nSPS) is 18.4. The lowest BCUT2D eigenvalue weighted by Crippen LogP contribution is -2.27. The molecule has 0 aromatic heterocycles. The Labute approximate surface area is 167 Å². The molecule has 1 unspecified atom stereocenters. The second kappa shape index (κ2) is 7.54. The summed E-state index contributed by atoms with van der Waals surface area (Å²) in [6, 6.07) is 7.01. The lowest BCUT2D eigenvalue weighted by Gasteiger charge is -2.27. The Morgan fingerprint density at radius 3 is 2.10 bits per heavy atom. The molecule has 0 N–H and O–H groups in total. The summed E-state index contributed by atoms with van der Waals surface area (Å²) < 4.78 is 27.3. The van der Waals surface area contributed by atoms with Crippen molar-refractivity contribution >= 4 is 11.5 Å². The second-order valence-corrected chi connectivity index (χ2v) is 6.54. The summed E-state index contributed by atoms with van der Waals surface area (Å²) in [5.74, 6) is 2.32. The lowest BCUT2D eigenvalue weighted by molar-refractivity contribution is 0.0975. The highest BCUT2D eigenvalue weighted by Crippen LogP contribution is 2.45. The van der Waals surface area contributed by atoms with Gasteiger partial charge in [-0.15, -0.1) is 0 Å². The van der Waals surface area contributed by atoms with Crippen molar-refractivity contribution in [3.8, 4) is 28.7 Å². The quantitative estimate of drug-likeness (QED) is 0.714. The van der Waals surface area contributed by atoms with Gasteiger partial charge in [0.1, 0.15) is 12.9 Å². The van der Waals surface area contributed by atoms with Crippen molar-refractivity contribution in [2.45, 2.75) is 12.3 Å². The third-order valence-electron chi connectivity index (χ3n) is 5.11. The van der Waals surface area contributed by atoms with Crippen LogP contribution >= 0.6 is 0 Å². The molecule has 1 heterocycles. The maximum absolute atomic E-state index is 13.0. The maximum Gasteiger partial charge on any atom is 0.231 e. The Morgan fingerprint density at radius 2 is 1.48 bits per heavy atom. The van der Waals surface area contributed by atoms with Gasteiger partial charge in [0, 0.05) is 35.1 Å². The van der Waals surface area contributed by atoms with Crippen molar-refractivity contribution in [2.75, 3.05) is 35.2 Å². The first-order valence-electron chi connectivity index (χ1n) is 8.99. The van der Waals surface area contributed by atoms with Crippen LogP contribution in [0.2, 0.25) is 0 Å². The zero-order chi connectivity index (χ0) is 20.5. The summed E-state index contributed by atoms with van der Waals surface area (Å²) >= 11 is 0. The van der Waals surface area contributed by atoms with Crippen molar-refractivity contribution in [3.05, 3.63) is 41.0 Å². The molecule has 4 rings (SSSR count). The molecule has 2 aromatic carbocycles. The van der Waals surface area contributed by atoms with Crippen LogP contribution in [0.4, 0.5) is 0 Å². The Morgan fingerprint density at radius 1 is 0.862 bits per heavy atom. The topological polar surface area (TPSA) is 84.8 Å². The summed E-state index contributed by atoms with van der Waals surface area (Å²) in [5.41, 5.74) is 2.53. The molecule has 0 bridgehead atoms. The highest BCUT2D eigenvalue weighted by atomic mass is 16.7. The van der Waals surface area contributed by atoms with E-state index in [4.69, 9.17) is 28.5 Å². The standard InChI is InChI=1S/C21H21NO7/c1-24-16-9-18(26-3)17(25-2)7-12(16)13-5-15(23)11-6-19-20(29-10-28-19)8-14(11)21(13)22-27-4/h6-9,13H,5,10H2,1-4H3. The van der Waals surface area contributed by atoms with Gasteiger partial charge in [0.25, 0.3) is 0 Å². The number of benzene rings is 2. The van der Waals surface area contributed by atoms with E-state index in [1.807, 2.05) is 0 Å². The van der Waals surface area contributed by atoms with Crippen LogP contribution in [0, 0.1) is 0 Å². The van der Waals surface area contributed by atoms with E-state index in [0.717, 1.165) is 5.56 Å². The first kappa shape index (κ1) is 18.9. The number of ketones is 1. The predicted octanol–water partition coefficient (Wildman–Crippen LogP) is 3.16. The Balaban J connectivity index is 1.89. The molecule has 1 aliphatic carbocycles. The van der Waals surface area contributed by atoms with E-state index < -0.39 is 5.92 Å². The van der Waals surface area contributed by atoms with E-state index >= 15 is 0 Å². The number of oxime groups is 1. The number of ether oxygens (including phenoxy) is 5. The largest absolute Gasteiger partial charge is 0.496 e. The van der Waals surface area contributed by atoms with Gasteiger partial charge in [-0.1, -0.05) is 5.16 Å². The fourth-order valence-corrected chi connectivity index (χ4v) is 3.76. The van der Waals surface area contributed by atoms with Crippen LogP contribution in [0.1, 0.15) is 33.8 Å². The molecule has 1 atom stereocenters. The lowest BCUT2D eigenvalue weighted by atomic mass is 9.77. The van der Waals surface area contributed by atoms with E-state index in [-0.39, 0.29) is 19.0 Å². The Kier molecular flexibility index (Phi) is 4.92. The summed E-state index contributed by atoms with van der Waals surface area (Å²) in [4.78, 5) is 18.1. The number of hydrogen-bond acceptors (Lipinski definition) is 8. The molecule has 2 aliphatic rings. The minimum atomic E-state index is -0.398. The molecule has 2 aromatic rings. The van der Waals surface area contributed by atoms with Crippen LogP contribution in [0.25, 0.3) is 0 Å². The van der Waals surface area contributed by atoms with Gasteiger partial charge < -0.3 is 28.5 Å². The number of nitrogens with zero attached hydrogens (tertiary/aromatic N) is 1. The van der Waals surface area contributed by atoms with E-state index in [2.05, 4.69) is 5.16 Å². The smallest absolute Gasteiger partial charge is 0.231 e. The summed E-state index contributed by atoms with van der Waals surface area (Å²) in [7, 11) is 6.14. The van der Waals surface area contributed by atoms with Crippen molar-refractivity contribution in [2.24, 2.45) is 5.16 Å². The van der Waals surface area contributed by atoms with E-state index in [1.165, 1.54) is 7.11 Å². The molecule has 0 fully saturated rings. The van der Waals surface area contributed by atoms with Crippen LogP contribution in [-0.4, -0.2) is 46.7 Å². The zero-order valence-corrected chi connectivity index (χ0v) is 16.6. The minimum absolute atomic E-state index is 0.0322. The van der Waals surface area contributed by atoms with Gasteiger partial charge in [0.2, 0.25) is 6.79 Å². The summed E-state index contributed by atoms with van der Waals surface area (Å²) in [6.07, 6.45) is 0.195. The van der Waals surface area contributed by atoms with E-state index in [1.54, 1.807) is 45.6 Å². The number of methoxy groups -OCH3 is 3. The van der Waals surface area contributed by atoms with Gasteiger partial charge in [-0.05, 0) is 18.2 Å². The van der Waals surface area contributed by atoms with Crippen molar-refractivity contribution in [1.82, 2.24) is 0 Å². The number of carbonyl (C=O) groups is 1. The Hall–Kier alpha value is -3.42. The molecule has 29 heavy (non-hydrogen) atoms. The third-order valence-corrected chi connectivity index (χ3v) is 5.11. The molecule has 8 heteroatoms. The molecule has 0 saturated carbocycles. The molecular formula is C21H21NO7. The number of hydrogen-bond donors (Lipinski definition) is 0. The average molecular weight is 399 g/mol. The second-order valence-electron chi connectivity index (χ2n) is 6.54. The first-order valence-corrected chi connectivity index (χ1v) is 8.99. The van der Waals surface area contributed by atoms with Gasteiger partial charge in [0.05, 0.1) is 27.0 Å². The van der Waals surface area contributed by atoms with Gasteiger partial charge in [-0.25, -0.2) is 0 Å². The SMILES string of the molecule is CON=C1c2cc3c(cc2C(=O)CC1c1cc(OC)c(OC)cc1OC)OCO3. The van der Waals surface area contributed by atoms with Crippen molar-refractivity contribution in [1.29, 1.82) is 0 Å². The number of rotatable bonds is 5. The predicted molar refractivity (Wildman–Crippen MR) is 104 cm³/mol. The molecular weight excluding hydrogens is 378 g/mol. The van der Waals surface area contributed by atoms with E-state index in [9.17, 15) is 4.79 Å². The maximum atomic E-state index is 13.0. The molecule has 1 aliphatic heterocycles. The fraction of sp³-hybridized carbons (Fsp3) is 0.333. The minimum Gasteiger partial charge on any atom is -0.496 e. The fourth-order valence-electron chi connectivity index (χ4n) is 3.76. The van der Waals surface area contributed by atoms with Crippen molar-refractivity contribution in [3.63, 3.8) is 0 Å². The molecule has 8 nitrogen and oxygen atoms in total. The zero-order valence-electron chi connectivity index (χ0n) is 16.6. The van der Waals surface area contributed by atoms with Crippen molar-refractivity contribution < 1.29 is 33.3 Å². The Bertz CT molecular complexity index is 999. The van der Waals surface area contributed by atoms with E-state index in [0.29, 0.717) is 45.6 Å². The van der Waals surface area contributed by atoms with Crippen LogP contribution in [0.5, 0.6) is 28.7 Å². The third kappa shape index (κ3) is 3.10.